The highest BCUT2D eigenvalue weighted by Gasteiger charge is 2.11. The van der Waals surface area contributed by atoms with Crippen LogP contribution in [-0.2, 0) is 9.53 Å². The standard InChI is InChI=1S/C22H20N2O5S/c25-20(23-12-13-28-18-5-2-1-3-6-18)15-29-22(27)16-8-10-17(11-9-16)24-21(26)19-7-4-14-30-19/h1-11,14H,12-13,15H2,(H,23,25)(H,24,26). The van der Waals surface area contributed by atoms with Gasteiger partial charge in [-0.3, -0.25) is 9.59 Å². The maximum Gasteiger partial charge on any atom is 0.338 e. The average Bonchev–Trinajstić information content (AvgIpc) is 3.31. The largest absolute Gasteiger partial charge is 0.492 e. The van der Waals surface area contributed by atoms with Crippen molar-refractivity contribution < 1.29 is 23.9 Å². The monoisotopic (exact) mass is 424 g/mol. The topological polar surface area (TPSA) is 93.7 Å². The van der Waals surface area contributed by atoms with Crippen molar-refractivity contribution in [2.45, 2.75) is 0 Å². The Morgan fingerprint density at radius 3 is 2.37 bits per heavy atom. The lowest BCUT2D eigenvalue weighted by atomic mass is 10.2. The van der Waals surface area contributed by atoms with E-state index >= 15 is 0 Å². The molecule has 2 N–H and O–H groups in total. The molecule has 0 fully saturated rings. The van der Waals surface area contributed by atoms with Crippen LogP contribution < -0.4 is 15.4 Å². The van der Waals surface area contributed by atoms with Crippen LogP contribution in [0.5, 0.6) is 5.75 Å². The number of para-hydroxylation sites is 1. The molecule has 0 aliphatic rings. The predicted molar refractivity (Wildman–Crippen MR) is 114 cm³/mol. The van der Waals surface area contributed by atoms with Gasteiger partial charge in [-0.05, 0) is 47.8 Å². The van der Waals surface area contributed by atoms with Gasteiger partial charge in [-0.2, -0.15) is 0 Å². The maximum absolute atomic E-state index is 12.1. The molecule has 0 spiro atoms. The minimum atomic E-state index is -0.623. The summed E-state index contributed by atoms with van der Waals surface area (Å²) in [4.78, 5) is 36.5. The van der Waals surface area contributed by atoms with Gasteiger partial charge in [0.05, 0.1) is 17.0 Å². The van der Waals surface area contributed by atoms with E-state index in [-0.39, 0.29) is 18.1 Å². The van der Waals surface area contributed by atoms with Gasteiger partial charge in [-0.15, -0.1) is 11.3 Å². The lowest BCUT2D eigenvalue weighted by Crippen LogP contribution is -2.32. The summed E-state index contributed by atoms with van der Waals surface area (Å²) in [6, 6.07) is 19.0. The van der Waals surface area contributed by atoms with Crippen LogP contribution in [0.3, 0.4) is 0 Å². The van der Waals surface area contributed by atoms with E-state index in [1.54, 1.807) is 24.3 Å². The molecule has 0 radical (unpaired) electrons. The Kier molecular flexibility index (Phi) is 7.57. The summed E-state index contributed by atoms with van der Waals surface area (Å²) >= 11 is 1.34. The molecule has 0 saturated heterocycles. The van der Waals surface area contributed by atoms with Crippen molar-refractivity contribution in [2.24, 2.45) is 0 Å². The van der Waals surface area contributed by atoms with Crippen LogP contribution >= 0.6 is 11.3 Å². The Morgan fingerprint density at radius 2 is 1.67 bits per heavy atom. The summed E-state index contributed by atoms with van der Waals surface area (Å²) in [6.45, 7) is 0.216. The van der Waals surface area contributed by atoms with E-state index in [4.69, 9.17) is 9.47 Å². The molecule has 0 saturated carbocycles. The SMILES string of the molecule is O=C(COC(=O)c1ccc(NC(=O)c2cccs2)cc1)NCCOc1ccccc1. The molecule has 0 atom stereocenters. The number of amides is 2. The van der Waals surface area contributed by atoms with Gasteiger partial charge >= 0.3 is 5.97 Å². The number of rotatable bonds is 9. The molecule has 0 bridgehead atoms. The molecule has 0 aliphatic heterocycles. The molecule has 1 aromatic heterocycles. The molecule has 2 aromatic carbocycles. The first-order valence-electron chi connectivity index (χ1n) is 9.18. The number of benzene rings is 2. The quantitative estimate of drug-likeness (QED) is 0.406. The van der Waals surface area contributed by atoms with Crippen LogP contribution in [0.15, 0.2) is 72.1 Å². The Balaban J connectivity index is 1.36. The van der Waals surface area contributed by atoms with Crippen LogP contribution in [-0.4, -0.2) is 37.5 Å². The maximum atomic E-state index is 12.1. The highest BCUT2D eigenvalue weighted by molar-refractivity contribution is 7.12. The highest BCUT2D eigenvalue weighted by atomic mass is 32.1. The van der Waals surface area contributed by atoms with Crippen LogP contribution in [0.1, 0.15) is 20.0 Å². The number of hydrogen-bond donors (Lipinski definition) is 2. The minimum absolute atomic E-state index is 0.215. The summed E-state index contributed by atoms with van der Waals surface area (Å²) in [5.41, 5.74) is 0.838. The Hall–Kier alpha value is -3.65. The third-order valence-electron chi connectivity index (χ3n) is 3.89. The second-order valence-electron chi connectivity index (χ2n) is 6.10. The fraction of sp³-hybridized carbons (Fsp3) is 0.136. The van der Waals surface area contributed by atoms with Crippen molar-refractivity contribution in [3.8, 4) is 5.75 Å². The number of anilines is 1. The van der Waals surface area contributed by atoms with E-state index in [1.807, 2.05) is 35.7 Å². The van der Waals surface area contributed by atoms with Crippen LogP contribution in [0, 0.1) is 0 Å². The second kappa shape index (κ2) is 10.8. The highest BCUT2D eigenvalue weighted by Crippen LogP contribution is 2.14. The van der Waals surface area contributed by atoms with Gasteiger partial charge in [0.15, 0.2) is 6.61 Å². The van der Waals surface area contributed by atoms with Gasteiger partial charge in [0.1, 0.15) is 12.4 Å². The summed E-state index contributed by atoms with van der Waals surface area (Å²) in [5.74, 6) is -0.539. The third-order valence-corrected chi connectivity index (χ3v) is 4.76. The van der Waals surface area contributed by atoms with Crippen LogP contribution in [0.25, 0.3) is 0 Å². The normalized spacial score (nSPS) is 10.1. The molecule has 3 rings (SSSR count). The molecule has 30 heavy (non-hydrogen) atoms. The van der Waals surface area contributed by atoms with Crippen molar-refractivity contribution in [1.82, 2.24) is 5.32 Å². The molecule has 0 unspecified atom stereocenters. The summed E-state index contributed by atoms with van der Waals surface area (Å²) in [5, 5.41) is 7.18. The van der Waals surface area contributed by atoms with E-state index in [2.05, 4.69) is 10.6 Å². The number of esters is 1. The van der Waals surface area contributed by atoms with Gasteiger partial charge in [0.2, 0.25) is 0 Å². The molecule has 0 aliphatic carbocycles. The van der Waals surface area contributed by atoms with Crippen molar-refractivity contribution in [3.63, 3.8) is 0 Å². The zero-order chi connectivity index (χ0) is 21.2. The van der Waals surface area contributed by atoms with Gasteiger partial charge in [0, 0.05) is 5.69 Å². The molecule has 2 amide bonds. The Morgan fingerprint density at radius 1 is 0.900 bits per heavy atom. The lowest BCUT2D eigenvalue weighted by Gasteiger charge is -2.09. The van der Waals surface area contributed by atoms with Gasteiger partial charge in [-0.25, -0.2) is 4.79 Å². The van der Waals surface area contributed by atoms with E-state index in [0.29, 0.717) is 29.5 Å². The Bertz CT molecular complexity index is 973. The number of hydrogen-bond acceptors (Lipinski definition) is 6. The van der Waals surface area contributed by atoms with Crippen LogP contribution in [0.4, 0.5) is 5.69 Å². The summed E-state index contributed by atoms with van der Waals surface area (Å²) < 4.78 is 10.5. The summed E-state index contributed by atoms with van der Waals surface area (Å²) in [7, 11) is 0. The van der Waals surface area contributed by atoms with Crippen molar-refractivity contribution >= 4 is 34.8 Å². The first kappa shape index (κ1) is 21.1. The molecule has 8 heteroatoms. The molecular weight excluding hydrogens is 404 g/mol. The zero-order valence-corrected chi connectivity index (χ0v) is 16.8. The van der Waals surface area contributed by atoms with E-state index in [1.165, 1.54) is 23.5 Å². The first-order valence-corrected chi connectivity index (χ1v) is 10.1. The number of ether oxygens (including phenoxy) is 2. The van der Waals surface area contributed by atoms with Gasteiger partial charge in [0.25, 0.3) is 11.8 Å². The molecule has 7 nitrogen and oxygen atoms in total. The van der Waals surface area contributed by atoms with Gasteiger partial charge in [-0.1, -0.05) is 24.3 Å². The first-order chi connectivity index (χ1) is 14.6. The summed E-state index contributed by atoms with van der Waals surface area (Å²) in [6.07, 6.45) is 0. The van der Waals surface area contributed by atoms with E-state index in [9.17, 15) is 14.4 Å². The lowest BCUT2D eigenvalue weighted by molar-refractivity contribution is -0.124. The van der Waals surface area contributed by atoms with Crippen molar-refractivity contribution in [3.05, 3.63) is 82.6 Å². The third kappa shape index (κ3) is 6.46. The fourth-order valence-electron chi connectivity index (χ4n) is 2.43. The van der Waals surface area contributed by atoms with Crippen molar-refractivity contribution in [2.75, 3.05) is 25.1 Å². The minimum Gasteiger partial charge on any atom is -0.492 e. The smallest absolute Gasteiger partial charge is 0.338 e. The molecule has 3 aromatic rings. The number of carbonyl (C=O) groups excluding carboxylic acids is 3. The van der Waals surface area contributed by atoms with E-state index in [0.717, 1.165) is 0 Å². The predicted octanol–water partition coefficient (Wildman–Crippen LogP) is 3.35. The van der Waals surface area contributed by atoms with Crippen molar-refractivity contribution in [1.29, 1.82) is 0 Å². The number of nitrogens with one attached hydrogen (secondary N) is 2. The molecule has 154 valence electrons. The van der Waals surface area contributed by atoms with Gasteiger partial charge < -0.3 is 20.1 Å². The number of carbonyl (C=O) groups is 3. The Labute approximate surface area is 177 Å². The second-order valence-corrected chi connectivity index (χ2v) is 7.04. The molecule has 1 heterocycles. The van der Waals surface area contributed by atoms with E-state index < -0.39 is 11.9 Å². The number of thiophene rings is 1. The zero-order valence-electron chi connectivity index (χ0n) is 16.0. The van der Waals surface area contributed by atoms with Crippen LogP contribution in [0.2, 0.25) is 0 Å². The fourth-order valence-corrected chi connectivity index (χ4v) is 3.05. The molecular formula is C22H20N2O5S. The average molecular weight is 424 g/mol.